The van der Waals surface area contributed by atoms with E-state index in [1.165, 1.54) is 6.07 Å². The van der Waals surface area contributed by atoms with Crippen molar-refractivity contribution in [1.29, 1.82) is 0 Å². The van der Waals surface area contributed by atoms with E-state index in [2.05, 4.69) is 10.1 Å². The number of hydrogen-bond donors (Lipinski definition) is 2. The van der Waals surface area contributed by atoms with Gasteiger partial charge >= 0.3 is 12.1 Å². The Hall–Kier alpha value is -1.55. The second-order valence-corrected chi connectivity index (χ2v) is 8.38. The molecule has 30 heavy (non-hydrogen) atoms. The first-order valence-electron chi connectivity index (χ1n) is 9.61. The van der Waals surface area contributed by atoms with E-state index in [0.29, 0.717) is 32.5 Å². The topological polar surface area (TPSA) is 84.7 Å². The van der Waals surface area contributed by atoms with Gasteiger partial charge in [0.05, 0.1) is 16.0 Å². The number of nitrogens with two attached hydrogens (primary N) is 1. The number of piperidine rings is 1. The number of rotatable bonds is 4. The molecule has 11 heteroatoms. The molecule has 2 aliphatic rings. The number of hydrogen-bond acceptors (Lipinski definition) is 5. The number of halogens is 5. The SMILES string of the molecule is NC(c1cc(Cl)c(Cl)cc1OC(=O)C(F)(F)F)C1CCN(C(=O)[C@@H]2CCNC2)CC1. The van der Waals surface area contributed by atoms with Crippen LogP contribution in [0.3, 0.4) is 0 Å². The summed E-state index contributed by atoms with van der Waals surface area (Å²) in [5, 5.41) is 3.21. The third-order valence-corrected chi connectivity index (χ3v) is 6.34. The highest BCUT2D eigenvalue weighted by Gasteiger charge is 2.42. The number of carbonyl (C=O) groups excluding carboxylic acids is 2. The zero-order valence-electron chi connectivity index (χ0n) is 16.0. The first-order valence-corrected chi connectivity index (χ1v) is 10.4. The highest BCUT2D eigenvalue weighted by Crippen LogP contribution is 2.39. The molecular formula is C19H22Cl2F3N3O3. The summed E-state index contributed by atoms with van der Waals surface area (Å²) in [6.45, 7) is 2.52. The number of nitrogens with zero attached hydrogens (tertiary/aromatic N) is 1. The van der Waals surface area contributed by atoms with E-state index in [9.17, 15) is 22.8 Å². The third kappa shape index (κ3) is 5.19. The van der Waals surface area contributed by atoms with Crippen molar-refractivity contribution in [3.63, 3.8) is 0 Å². The summed E-state index contributed by atoms with van der Waals surface area (Å²) >= 11 is 11.9. The van der Waals surface area contributed by atoms with Gasteiger partial charge in [0, 0.05) is 37.3 Å². The van der Waals surface area contributed by atoms with E-state index >= 15 is 0 Å². The van der Waals surface area contributed by atoms with Crippen molar-refractivity contribution in [1.82, 2.24) is 10.2 Å². The predicted octanol–water partition coefficient (Wildman–Crippen LogP) is 3.31. The molecule has 1 aromatic rings. The van der Waals surface area contributed by atoms with Gasteiger partial charge in [-0.1, -0.05) is 23.2 Å². The van der Waals surface area contributed by atoms with E-state index in [1.807, 2.05) is 0 Å². The second kappa shape index (κ2) is 9.30. The fourth-order valence-electron chi connectivity index (χ4n) is 3.91. The highest BCUT2D eigenvalue weighted by molar-refractivity contribution is 6.42. The maximum Gasteiger partial charge on any atom is 0.491 e. The quantitative estimate of drug-likeness (QED) is 0.524. The summed E-state index contributed by atoms with van der Waals surface area (Å²) in [5.74, 6) is -2.76. The molecule has 1 amide bonds. The van der Waals surface area contributed by atoms with Crippen LogP contribution in [0.1, 0.15) is 30.9 Å². The van der Waals surface area contributed by atoms with Gasteiger partial charge in [-0.15, -0.1) is 0 Å². The van der Waals surface area contributed by atoms with Crippen LogP contribution in [0.2, 0.25) is 10.0 Å². The molecule has 2 aliphatic heterocycles. The van der Waals surface area contributed by atoms with Gasteiger partial charge in [-0.05, 0) is 37.8 Å². The average Bonchev–Trinajstić information content (AvgIpc) is 3.23. The molecule has 0 radical (unpaired) electrons. The maximum absolute atomic E-state index is 12.6. The molecule has 166 valence electrons. The number of esters is 1. The van der Waals surface area contributed by atoms with Gasteiger partial charge in [0.1, 0.15) is 5.75 Å². The predicted molar refractivity (Wildman–Crippen MR) is 105 cm³/mol. The Bertz CT molecular complexity index is 808. The van der Waals surface area contributed by atoms with Crippen molar-refractivity contribution in [3.8, 4) is 5.75 Å². The smallest absolute Gasteiger partial charge is 0.419 e. The number of nitrogens with one attached hydrogen (secondary N) is 1. The molecule has 1 unspecified atom stereocenters. The molecule has 0 saturated carbocycles. The fourth-order valence-corrected chi connectivity index (χ4v) is 4.23. The van der Waals surface area contributed by atoms with Crippen molar-refractivity contribution >= 4 is 35.1 Å². The minimum atomic E-state index is -5.16. The van der Waals surface area contributed by atoms with Crippen molar-refractivity contribution < 1.29 is 27.5 Å². The van der Waals surface area contributed by atoms with Crippen molar-refractivity contribution in [2.75, 3.05) is 26.2 Å². The van der Waals surface area contributed by atoms with Crippen molar-refractivity contribution in [2.45, 2.75) is 31.5 Å². The van der Waals surface area contributed by atoms with Crippen molar-refractivity contribution in [2.24, 2.45) is 17.6 Å². The van der Waals surface area contributed by atoms with Gasteiger partial charge < -0.3 is 20.7 Å². The Labute approximate surface area is 181 Å². The zero-order valence-corrected chi connectivity index (χ0v) is 17.5. The van der Waals surface area contributed by atoms with Gasteiger partial charge in [0.25, 0.3) is 0 Å². The number of benzene rings is 1. The summed E-state index contributed by atoms with van der Waals surface area (Å²) in [7, 11) is 0. The molecule has 0 bridgehead atoms. The van der Waals surface area contributed by atoms with E-state index in [1.54, 1.807) is 4.90 Å². The molecule has 0 spiro atoms. The lowest BCUT2D eigenvalue weighted by atomic mass is 9.85. The van der Waals surface area contributed by atoms with E-state index < -0.39 is 18.2 Å². The molecule has 2 heterocycles. The Morgan fingerprint density at radius 3 is 2.37 bits per heavy atom. The lowest BCUT2D eigenvalue weighted by molar-refractivity contribution is -0.189. The zero-order chi connectivity index (χ0) is 22.1. The number of ether oxygens (including phenoxy) is 1. The third-order valence-electron chi connectivity index (χ3n) is 5.61. The summed E-state index contributed by atoms with van der Waals surface area (Å²) < 4.78 is 42.5. The highest BCUT2D eigenvalue weighted by atomic mass is 35.5. The van der Waals surface area contributed by atoms with E-state index in [4.69, 9.17) is 28.9 Å². The molecule has 3 rings (SSSR count). The van der Waals surface area contributed by atoms with Gasteiger partial charge in [-0.2, -0.15) is 13.2 Å². The minimum absolute atomic E-state index is 0.0151. The minimum Gasteiger partial charge on any atom is -0.419 e. The molecule has 0 aromatic heterocycles. The molecule has 1 aromatic carbocycles. The van der Waals surface area contributed by atoms with Crippen LogP contribution in [-0.2, 0) is 9.59 Å². The second-order valence-electron chi connectivity index (χ2n) is 7.57. The van der Waals surface area contributed by atoms with E-state index in [0.717, 1.165) is 19.0 Å². The van der Waals surface area contributed by atoms with Gasteiger partial charge in [-0.25, -0.2) is 4.79 Å². The Morgan fingerprint density at radius 2 is 1.80 bits per heavy atom. The van der Waals surface area contributed by atoms with E-state index in [-0.39, 0.29) is 39.1 Å². The standard InChI is InChI=1S/C19H22Cl2F3N3O3/c20-13-7-12(15(8-14(13)21)30-18(29)19(22,23)24)16(25)10-2-5-27(6-3-10)17(28)11-1-4-26-9-11/h7-8,10-11,16,26H,1-6,9,25H2/t11-,16?/m1/s1. The molecular weight excluding hydrogens is 446 g/mol. The van der Waals surface area contributed by atoms with Crippen LogP contribution in [0, 0.1) is 11.8 Å². The number of carbonyl (C=O) groups is 2. The van der Waals surface area contributed by atoms with Gasteiger partial charge in [0.15, 0.2) is 0 Å². The summed E-state index contributed by atoms with van der Waals surface area (Å²) in [6, 6.07) is 1.66. The summed E-state index contributed by atoms with van der Waals surface area (Å²) in [5.41, 5.74) is 6.50. The lowest BCUT2D eigenvalue weighted by Gasteiger charge is -2.36. The summed E-state index contributed by atoms with van der Waals surface area (Å²) in [4.78, 5) is 25.7. The van der Waals surface area contributed by atoms with Crippen LogP contribution in [-0.4, -0.2) is 49.1 Å². The van der Waals surface area contributed by atoms with Crippen LogP contribution < -0.4 is 15.8 Å². The monoisotopic (exact) mass is 467 g/mol. The fraction of sp³-hybridized carbons (Fsp3) is 0.579. The first kappa shape index (κ1) is 23.1. The van der Waals surface area contributed by atoms with Gasteiger partial charge in [-0.3, -0.25) is 4.79 Å². The molecule has 2 saturated heterocycles. The molecule has 2 fully saturated rings. The first-order chi connectivity index (χ1) is 14.1. The molecule has 6 nitrogen and oxygen atoms in total. The number of amides is 1. The van der Waals surface area contributed by atoms with Crippen LogP contribution in [0.4, 0.5) is 13.2 Å². The van der Waals surface area contributed by atoms with Crippen LogP contribution >= 0.6 is 23.2 Å². The molecule has 3 N–H and O–H groups in total. The van der Waals surface area contributed by atoms with Crippen LogP contribution in [0.25, 0.3) is 0 Å². The Balaban J connectivity index is 1.72. The average molecular weight is 468 g/mol. The Kier molecular flexibility index (Phi) is 7.16. The largest absolute Gasteiger partial charge is 0.491 e. The van der Waals surface area contributed by atoms with Crippen LogP contribution in [0.5, 0.6) is 5.75 Å². The Morgan fingerprint density at radius 1 is 1.17 bits per heavy atom. The number of alkyl halides is 3. The van der Waals surface area contributed by atoms with Crippen molar-refractivity contribution in [3.05, 3.63) is 27.7 Å². The van der Waals surface area contributed by atoms with Gasteiger partial charge in [0.2, 0.25) is 5.91 Å². The molecule has 0 aliphatic carbocycles. The summed E-state index contributed by atoms with van der Waals surface area (Å²) in [6.07, 6.45) is -3.20. The lowest BCUT2D eigenvalue weighted by Crippen LogP contribution is -2.44. The molecule has 2 atom stereocenters. The normalized spacial score (nSPS) is 21.5. The van der Waals surface area contributed by atoms with Crippen LogP contribution in [0.15, 0.2) is 12.1 Å². The number of likely N-dealkylation sites (tertiary alicyclic amines) is 1. The maximum atomic E-state index is 12.6.